The zero-order chi connectivity index (χ0) is 29.2. The molecule has 0 fully saturated rings. The van der Waals surface area contributed by atoms with Gasteiger partial charge < -0.3 is 44.6 Å². The third-order valence-corrected chi connectivity index (χ3v) is 6.97. The Labute approximate surface area is 230 Å². The Morgan fingerprint density at radius 3 is 1.85 bits per heavy atom. The van der Waals surface area contributed by atoms with Crippen LogP contribution in [0.3, 0.4) is 0 Å². The van der Waals surface area contributed by atoms with Crippen LogP contribution in [0.2, 0.25) is 0 Å². The molecule has 0 aromatic heterocycles. The van der Waals surface area contributed by atoms with E-state index in [1.165, 1.54) is 0 Å². The summed E-state index contributed by atoms with van der Waals surface area (Å²) in [5, 5.41) is 9.71. The maximum absolute atomic E-state index is 12.4. The van der Waals surface area contributed by atoms with E-state index in [2.05, 4.69) is 21.3 Å². The number of rotatable bonds is 26. The number of hydrogen-bond acceptors (Lipinski definition) is 10. The first kappa shape index (κ1) is 36.6. The summed E-state index contributed by atoms with van der Waals surface area (Å²) >= 11 is 0. The number of hydrogen-bond donors (Lipinski definition) is 4. The Morgan fingerprint density at radius 2 is 1.26 bits per heavy atom. The lowest BCUT2D eigenvalue weighted by Crippen LogP contribution is -2.44. The van der Waals surface area contributed by atoms with Gasteiger partial charge in [-0.1, -0.05) is 13.3 Å². The summed E-state index contributed by atoms with van der Waals surface area (Å²) in [4.78, 5) is 57.0. The van der Waals surface area contributed by atoms with Crippen molar-refractivity contribution >= 4 is 37.5 Å². The molecule has 0 radical (unpaired) electrons. The molecule has 0 aliphatic heterocycles. The van der Waals surface area contributed by atoms with Gasteiger partial charge in [-0.2, -0.15) is 0 Å². The Bertz CT molecular complexity index is 769. The number of nitrogens with one attached hydrogen (secondary N) is 4. The van der Waals surface area contributed by atoms with Crippen LogP contribution in [0.4, 0.5) is 0 Å². The Kier molecular flexibility index (Phi) is 23.1. The van der Waals surface area contributed by atoms with E-state index < -0.39 is 25.3 Å². The second-order valence-electron chi connectivity index (χ2n) is 8.26. The first-order valence-corrected chi connectivity index (χ1v) is 15.0. The summed E-state index contributed by atoms with van der Waals surface area (Å²) < 4.78 is 33.8. The van der Waals surface area contributed by atoms with E-state index in [0.717, 1.165) is 19.1 Å². The first-order valence-electron chi connectivity index (χ1n) is 13.3. The largest absolute Gasteiger partial charge is 0.377 e. The molecule has 0 heterocycles. The van der Waals surface area contributed by atoms with Crippen LogP contribution >= 0.6 is 7.60 Å². The van der Waals surface area contributed by atoms with Crippen LogP contribution in [0, 0.1) is 0 Å². The summed E-state index contributed by atoms with van der Waals surface area (Å²) in [6.45, 7) is 4.72. The van der Waals surface area contributed by atoms with Gasteiger partial charge in [-0.15, -0.1) is 0 Å². The van der Waals surface area contributed by atoms with E-state index in [0.29, 0.717) is 45.2 Å². The van der Waals surface area contributed by atoms with Gasteiger partial charge in [0.15, 0.2) is 0 Å². The molecular formula is C24H45N4O10P. The second-order valence-corrected chi connectivity index (χ2v) is 10.4. The summed E-state index contributed by atoms with van der Waals surface area (Å²) in [5.41, 5.74) is 0. The van der Waals surface area contributed by atoms with Crippen LogP contribution in [0.15, 0.2) is 0 Å². The zero-order valence-electron chi connectivity index (χ0n) is 23.1. The fourth-order valence-corrected chi connectivity index (χ4v) is 4.64. The van der Waals surface area contributed by atoms with Crippen molar-refractivity contribution in [3.05, 3.63) is 0 Å². The molecular weight excluding hydrogens is 535 g/mol. The lowest BCUT2D eigenvalue weighted by Gasteiger charge is -2.17. The molecule has 0 bridgehead atoms. The van der Waals surface area contributed by atoms with Crippen molar-refractivity contribution in [3.8, 4) is 0 Å². The predicted molar refractivity (Wildman–Crippen MR) is 143 cm³/mol. The number of amides is 4. The number of unbranched alkanes of at least 4 members (excludes halogenated alkanes) is 3. The van der Waals surface area contributed by atoms with Crippen molar-refractivity contribution in [1.29, 1.82) is 0 Å². The van der Waals surface area contributed by atoms with Gasteiger partial charge in [0.1, 0.15) is 6.29 Å². The van der Waals surface area contributed by atoms with Crippen molar-refractivity contribution < 1.29 is 47.1 Å². The van der Waals surface area contributed by atoms with Crippen LogP contribution in [-0.2, 0) is 47.1 Å². The second kappa shape index (κ2) is 24.6. The Balaban J connectivity index is 3.69. The quantitative estimate of drug-likeness (QED) is 0.0629. The van der Waals surface area contributed by atoms with Gasteiger partial charge in [0.05, 0.1) is 65.4 Å². The molecule has 4 N–H and O–H groups in total. The summed E-state index contributed by atoms with van der Waals surface area (Å²) in [6.07, 6.45) is 4.60. The predicted octanol–water partition coefficient (Wildman–Crippen LogP) is 0.290. The molecule has 0 aliphatic rings. The van der Waals surface area contributed by atoms with Crippen LogP contribution in [0.5, 0.6) is 0 Å². The smallest absolute Gasteiger partial charge is 0.330 e. The number of aldehydes is 1. The van der Waals surface area contributed by atoms with Gasteiger partial charge in [0.2, 0.25) is 23.6 Å². The maximum atomic E-state index is 12.4. The van der Waals surface area contributed by atoms with Crippen molar-refractivity contribution in [1.82, 2.24) is 21.3 Å². The van der Waals surface area contributed by atoms with Gasteiger partial charge in [0.25, 0.3) is 0 Å². The van der Waals surface area contributed by atoms with E-state index in [9.17, 15) is 28.5 Å². The highest BCUT2D eigenvalue weighted by atomic mass is 31.2. The molecule has 0 aromatic rings. The van der Waals surface area contributed by atoms with Gasteiger partial charge in [-0.25, -0.2) is 0 Å². The average molecular weight is 581 g/mol. The van der Waals surface area contributed by atoms with Gasteiger partial charge >= 0.3 is 7.60 Å². The van der Waals surface area contributed by atoms with E-state index in [4.69, 9.17) is 18.5 Å². The van der Waals surface area contributed by atoms with Crippen LogP contribution < -0.4 is 21.3 Å². The highest BCUT2D eigenvalue weighted by Crippen LogP contribution is 2.48. The molecule has 15 heteroatoms. The molecule has 226 valence electrons. The monoisotopic (exact) mass is 580 g/mol. The van der Waals surface area contributed by atoms with Crippen molar-refractivity contribution in [2.24, 2.45) is 0 Å². The van der Waals surface area contributed by atoms with E-state index in [1.54, 1.807) is 6.92 Å². The Hall–Kier alpha value is -2.38. The van der Waals surface area contributed by atoms with Gasteiger partial charge in [0, 0.05) is 19.4 Å². The van der Waals surface area contributed by atoms with Gasteiger partial charge in [-0.05, 0) is 26.2 Å². The van der Waals surface area contributed by atoms with Crippen molar-refractivity contribution in [2.45, 2.75) is 52.4 Å². The fraction of sp³-hybridized carbons (Fsp3) is 0.792. The lowest BCUT2D eigenvalue weighted by molar-refractivity contribution is -0.128. The van der Waals surface area contributed by atoms with E-state index in [-0.39, 0.29) is 58.3 Å². The topological polar surface area (TPSA) is 187 Å². The molecule has 14 nitrogen and oxygen atoms in total. The van der Waals surface area contributed by atoms with E-state index in [1.807, 2.05) is 6.92 Å². The van der Waals surface area contributed by atoms with Crippen LogP contribution in [-0.4, -0.2) is 102 Å². The highest BCUT2D eigenvalue weighted by molar-refractivity contribution is 7.53. The van der Waals surface area contributed by atoms with E-state index >= 15 is 0 Å². The van der Waals surface area contributed by atoms with Crippen molar-refractivity contribution in [3.63, 3.8) is 0 Å². The minimum atomic E-state index is -3.07. The molecule has 1 unspecified atom stereocenters. The first-order chi connectivity index (χ1) is 18.8. The minimum Gasteiger partial charge on any atom is -0.377 e. The molecule has 0 saturated heterocycles. The summed E-state index contributed by atoms with van der Waals surface area (Å²) in [7, 11) is -3.07. The van der Waals surface area contributed by atoms with Crippen LogP contribution in [0.1, 0.15) is 52.4 Å². The Morgan fingerprint density at radius 1 is 0.692 bits per heavy atom. The third-order valence-electron chi connectivity index (χ3n) is 4.88. The molecule has 0 rings (SSSR count). The maximum Gasteiger partial charge on any atom is 0.330 e. The highest BCUT2D eigenvalue weighted by Gasteiger charge is 2.22. The number of ether oxygens (including phenoxy) is 2. The zero-order valence-corrected chi connectivity index (χ0v) is 24.0. The standard InChI is InChI=1S/C24H45N4O10P/c1-3-5-17-39(34,37-4-2)38-16-15-36-14-13-35-12-10-25-22(31)18-27-24(33)20-28-23(32)19-26-21(30)9-7-6-8-11-29/h11H,3-10,12-20H2,1-2H3,(H,25,31)(H,26,30)(H,27,33)(H,28,32). The molecule has 0 saturated carbocycles. The molecule has 39 heavy (non-hydrogen) atoms. The third kappa shape index (κ3) is 23.2. The lowest BCUT2D eigenvalue weighted by atomic mass is 10.2. The molecule has 1 atom stereocenters. The van der Waals surface area contributed by atoms with Crippen molar-refractivity contribution in [2.75, 3.05) is 72.0 Å². The average Bonchev–Trinajstić information content (AvgIpc) is 2.92. The summed E-state index contributed by atoms with van der Waals surface area (Å²) in [6, 6.07) is 0. The minimum absolute atomic E-state index is 0.160. The fourth-order valence-electron chi connectivity index (χ4n) is 2.86. The van der Waals surface area contributed by atoms with Crippen LogP contribution in [0.25, 0.3) is 0 Å². The number of carbonyl (C=O) groups is 5. The molecule has 0 aliphatic carbocycles. The summed E-state index contributed by atoms with van der Waals surface area (Å²) in [5.74, 6) is -1.83. The molecule has 4 amide bonds. The normalized spacial score (nSPS) is 12.3. The van der Waals surface area contributed by atoms with Gasteiger partial charge in [-0.3, -0.25) is 23.7 Å². The molecule has 0 spiro atoms. The SMILES string of the molecule is CCCCP(=O)(OCC)OCCOCCOCCNC(=O)CNC(=O)CNC(=O)CNC(=O)CCCCC=O. The molecule has 0 aromatic carbocycles. The number of carbonyl (C=O) groups excluding carboxylic acids is 5.